The van der Waals surface area contributed by atoms with E-state index in [1.165, 1.54) is 11.9 Å². The maximum Gasteiger partial charge on any atom is 0.309 e. The molecule has 0 spiro atoms. The zero-order valence-corrected chi connectivity index (χ0v) is 16.3. The fourth-order valence-electron chi connectivity index (χ4n) is 3.08. The Labute approximate surface area is 164 Å². The first-order valence-electron chi connectivity index (χ1n) is 9.57. The average molecular weight is 389 g/mol. The number of nitrogens with one attached hydrogen (secondary N) is 1. The van der Waals surface area contributed by atoms with Crippen LogP contribution in [-0.4, -0.2) is 69.2 Å². The molecule has 2 aliphatic rings. The molecular weight excluding hydrogens is 362 g/mol. The van der Waals surface area contributed by atoms with Gasteiger partial charge in [0.15, 0.2) is 6.61 Å². The number of rotatable bonds is 7. The van der Waals surface area contributed by atoms with Crippen LogP contribution >= 0.6 is 0 Å². The zero-order valence-electron chi connectivity index (χ0n) is 16.3. The second-order valence-electron chi connectivity index (χ2n) is 7.37. The molecule has 28 heavy (non-hydrogen) atoms. The number of amides is 2. The molecule has 1 aliphatic heterocycles. The average Bonchev–Trinajstić information content (AvgIpc) is 3.43. The lowest BCUT2D eigenvalue weighted by Crippen LogP contribution is -2.37. The zero-order chi connectivity index (χ0) is 20.1. The van der Waals surface area contributed by atoms with Crippen LogP contribution in [0.1, 0.15) is 13.3 Å². The quantitative estimate of drug-likeness (QED) is 0.703. The van der Waals surface area contributed by atoms with E-state index in [1.807, 2.05) is 31.2 Å². The highest BCUT2D eigenvalue weighted by Crippen LogP contribution is 2.38. The molecule has 1 aromatic carbocycles. The molecule has 3 rings (SSSR count). The van der Waals surface area contributed by atoms with Crippen molar-refractivity contribution in [2.24, 2.45) is 11.8 Å². The van der Waals surface area contributed by atoms with Crippen molar-refractivity contribution in [3.8, 4) is 0 Å². The first-order valence-corrected chi connectivity index (χ1v) is 9.57. The summed E-state index contributed by atoms with van der Waals surface area (Å²) in [6, 6.07) is 7.58. The van der Waals surface area contributed by atoms with Gasteiger partial charge in [0.2, 0.25) is 5.91 Å². The van der Waals surface area contributed by atoms with E-state index in [4.69, 9.17) is 9.47 Å². The number of ether oxygens (including phenoxy) is 2. The van der Waals surface area contributed by atoms with E-state index in [2.05, 4.69) is 10.2 Å². The second kappa shape index (κ2) is 9.05. The number of nitrogens with zero attached hydrogens (tertiary/aromatic N) is 2. The van der Waals surface area contributed by atoms with Crippen molar-refractivity contribution in [2.75, 3.05) is 56.7 Å². The molecule has 1 N–H and O–H groups in total. The van der Waals surface area contributed by atoms with Gasteiger partial charge in [0.05, 0.1) is 25.7 Å². The molecule has 2 atom stereocenters. The van der Waals surface area contributed by atoms with Crippen LogP contribution in [0.3, 0.4) is 0 Å². The smallest absolute Gasteiger partial charge is 0.309 e. The Bertz CT molecular complexity index is 715. The van der Waals surface area contributed by atoms with Gasteiger partial charge < -0.3 is 24.6 Å². The molecule has 0 aromatic heterocycles. The van der Waals surface area contributed by atoms with Crippen molar-refractivity contribution in [1.82, 2.24) is 4.90 Å². The predicted octanol–water partition coefficient (Wildman–Crippen LogP) is 1.12. The molecule has 0 bridgehead atoms. The first kappa shape index (κ1) is 20.1. The Morgan fingerprint density at radius 3 is 2.46 bits per heavy atom. The third-order valence-electron chi connectivity index (χ3n) is 5.08. The lowest BCUT2D eigenvalue weighted by atomic mass is 10.2. The van der Waals surface area contributed by atoms with Crippen LogP contribution in [0.2, 0.25) is 0 Å². The highest BCUT2D eigenvalue weighted by Gasteiger charge is 2.40. The molecule has 0 radical (unpaired) electrons. The molecule has 1 saturated heterocycles. The van der Waals surface area contributed by atoms with Crippen LogP contribution in [0.5, 0.6) is 0 Å². The number of anilines is 2. The van der Waals surface area contributed by atoms with Crippen LogP contribution in [0.25, 0.3) is 0 Å². The number of morpholine rings is 1. The summed E-state index contributed by atoms with van der Waals surface area (Å²) in [5.41, 5.74) is 1.75. The van der Waals surface area contributed by atoms with Gasteiger partial charge in [-0.25, -0.2) is 0 Å². The molecule has 0 unspecified atom stereocenters. The number of likely N-dealkylation sites (N-methyl/N-ethyl adjacent to an activating group) is 1. The second-order valence-corrected chi connectivity index (χ2v) is 7.37. The van der Waals surface area contributed by atoms with Gasteiger partial charge in [-0.3, -0.25) is 14.4 Å². The Morgan fingerprint density at radius 2 is 1.86 bits per heavy atom. The van der Waals surface area contributed by atoms with E-state index in [1.54, 1.807) is 0 Å². The molecule has 1 heterocycles. The lowest BCUT2D eigenvalue weighted by Gasteiger charge is -2.28. The van der Waals surface area contributed by atoms with Crippen molar-refractivity contribution in [2.45, 2.75) is 13.3 Å². The number of benzene rings is 1. The van der Waals surface area contributed by atoms with Gasteiger partial charge >= 0.3 is 5.97 Å². The summed E-state index contributed by atoms with van der Waals surface area (Å²) in [6.07, 6.45) is 0.815. The molecule has 1 aliphatic carbocycles. The van der Waals surface area contributed by atoms with Gasteiger partial charge in [0.1, 0.15) is 0 Å². The van der Waals surface area contributed by atoms with Crippen LogP contribution in [0, 0.1) is 11.8 Å². The fourth-order valence-corrected chi connectivity index (χ4v) is 3.08. The minimum absolute atomic E-state index is 0.0816. The summed E-state index contributed by atoms with van der Waals surface area (Å²) in [4.78, 5) is 39.4. The predicted molar refractivity (Wildman–Crippen MR) is 104 cm³/mol. The van der Waals surface area contributed by atoms with Crippen LogP contribution in [-0.2, 0) is 23.9 Å². The Hall–Kier alpha value is -2.61. The van der Waals surface area contributed by atoms with E-state index < -0.39 is 5.91 Å². The summed E-state index contributed by atoms with van der Waals surface area (Å²) in [5.74, 6) is -0.793. The molecule has 2 amide bonds. The number of hydrogen-bond acceptors (Lipinski definition) is 6. The summed E-state index contributed by atoms with van der Waals surface area (Å²) >= 11 is 0. The maximum absolute atomic E-state index is 12.2. The standard InChI is InChI=1S/C20H27N3O5/c1-14-11-17(14)20(26)28-13-19(25)22(2)12-18(24)21-15-3-5-16(6-4-15)23-7-9-27-10-8-23/h3-6,14,17H,7-13H2,1-2H3,(H,21,24)/t14-,17-/m0/s1. The first-order chi connectivity index (χ1) is 13.4. The van der Waals surface area contributed by atoms with Crippen molar-refractivity contribution >= 4 is 29.2 Å². The van der Waals surface area contributed by atoms with Gasteiger partial charge in [0.25, 0.3) is 5.91 Å². The summed E-state index contributed by atoms with van der Waals surface area (Å²) in [5, 5.41) is 2.77. The third-order valence-corrected chi connectivity index (χ3v) is 5.08. The van der Waals surface area contributed by atoms with Gasteiger partial charge in [-0.05, 0) is 36.6 Å². The minimum atomic E-state index is -0.403. The number of hydrogen-bond donors (Lipinski definition) is 1. The Balaban J connectivity index is 1.41. The molecule has 152 valence electrons. The van der Waals surface area contributed by atoms with Crippen molar-refractivity contribution in [3.05, 3.63) is 24.3 Å². The molecule has 8 heteroatoms. The van der Waals surface area contributed by atoms with Gasteiger partial charge in [-0.2, -0.15) is 0 Å². The van der Waals surface area contributed by atoms with Crippen molar-refractivity contribution in [3.63, 3.8) is 0 Å². The van der Waals surface area contributed by atoms with E-state index in [0.717, 1.165) is 25.2 Å². The highest BCUT2D eigenvalue weighted by atomic mass is 16.5. The Morgan fingerprint density at radius 1 is 1.21 bits per heavy atom. The number of carbonyl (C=O) groups is 3. The van der Waals surface area contributed by atoms with Crippen molar-refractivity contribution in [1.29, 1.82) is 0 Å². The van der Waals surface area contributed by atoms with E-state index >= 15 is 0 Å². The van der Waals surface area contributed by atoms with Crippen LogP contribution < -0.4 is 10.2 Å². The SMILES string of the molecule is C[C@H]1C[C@@H]1C(=O)OCC(=O)N(C)CC(=O)Nc1ccc(N2CCOCC2)cc1. The number of carbonyl (C=O) groups excluding carboxylic acids is 3. The van der Waals surface area contributed by atoms with Crippen LogP contribution in [0.15, 0.2) is 24.3 Å². The lowest BCUT2D eigenvalue weighted by molar-refractivity contribution is -0.153. The maximum atomic E-state index is 12.2. The van der Waals surface area contributed by atoms with E-state index in [-0.39, 0.29) is 30.9 Å². The third kappa shape index (κ3) is 5.45. The molecule has 1 saturated carbocycles. The molecule has 2 fully saturated rings. The minimum Gasteiger partial charge on any atom is -0.455 e. The fraction of sp³-hybridized carbons (Fsp3) is 0.550. The summed E-state index contributed by atoms with van der Waals surface area (Å²) in [6.45, 7) is 4.66. The normalized spacial score (nSPS) is 21.0. The summed E-state index contributed by atoms with van der Waals surface area (Å²) in [7, 11) is 1.51. The summed E-state index contributed by atoms with van der Waals surface area (Å²) < 4.78 is 10.4. The number of esters is 1. The topological polar surface area (TPSA) is 88.2 Å². The highest BCUT2D eigenvalue weighted by molar-refractivity contribution is 5.95. The Kier molecular flexibility index (Phi) is 6.51. The molecule has 1 aromatic rings. The van der Waals surface area contributed by atoms with E-state index in [0.29, 0.717) is 24.8 Å². The van der Waals surface area contributed by atoms with E-state index in [9.17, 15) is 14.4 Å². The van der Waals surface area contributed by atoms with Gasteiger partial charge in [0, 0.05) is 31.5 Å². The van der Waals surface area contributed by atoms with Crippen LogP contribution in [0.4, 0.5) is 11.4 Å². The van der Waals surface area contributed by atoms with Gasteiger partial charge in [-0.1, -0.05) is 6.92 Å². The molecule has 8 nitrogen and oxygen atoms in total. The molecular formula is C20H27N3O5. The largest absolute Gasteiger partial charge is 0.455 e. The van der Waals surface area contributed by atoms with Gasteiger partial charge in [-0.15, -0.1) is 0 Å². The van der Waals surface area contributed by atoms with Crippen molar-refractivity contribution < 1.29 is 23.9 Å². The monoisotopic (exact) mass is 389 g/mol.